The van der Waals surface area contributed by atoms with Gasteiger partial charge in [-0.2, -0.15) is 0 Å². The molecule has 2 rings (SSSR count). The molecule has 0 saturated heterocycles. The van der Waals surface area contributed by atoms with Gasteiger partial charge in [-0.15, -0.1) is 0 Å². The third kappa shape index (κ3) is 3.86. The molecule has 0 fully saturated rings. The summed E-state index contributed by atoms with van der Waals surface area (Å²) >= 11 is 0. The quantitative estimate of drug-likeness (QED) is 0.835. The summed E-state index contributed by atoms with van der Waals surface area (Å²) < 4.78 is 26.5. The number of aromatic nitrogens is 1. The van der Waals surface area contributed by atoms with Crippen LogP contribution in [0.2, 0.25) is 0 Å². The highest BCUT2D eigenvalue weighted by Crippen LogP contribution is 2.07. The summed E-state index contributed by atoms with van der Waals surface area (Å²) in [7, 11) is -3.60. The average molecular weight is 292 g/mol. The van der Waals surface area contributed by atoms with Gasteiger partial charge < -0.3 is 5.11 Å². The second-order valence-corrected chi connectivity index (χ2v) is 6.01. The number of nitrogens with one attached hydrogen (secondary N) is 1. The van der Waals surface area contributed by atoms with Crippen molar-refractivity contribution in [1.29, 1.82) is 0 Å². The molecule has 1 aromatic carbocycles. The van der Waals surface area contributed by atoms with E-state index in [2.05, 4.69) is 9.71 Å². The molecule has 0 saturated carbocycles. The minimum absolute atomic E-state index is 0.0391. The second-order valence-electron chi connectivity index (χ2n) is 4.30. The van der Waals surface area contributed by atoms with E-state index in [1.54, 1.807) is 6.07 Å². The van der Waals surface area contributed by atoms with Gasteiger partial charge in [0.1, 0.15) is 0 Å². The molecule has 20 heavy (non-hydrogen) atoms. The first-order valence-electron chi connectivity index (χ1n) is 6.21. The van der Waals surface area contributed by atoms with Gasteiger partial charge in [0, 0.05) is 12.7 Å². The number of sulfonamides is 1. The lowest BCUT2D eigenvalue weighted by Gasteiger charge is -2.06. The molecular weight excluding hydrogens is 276 g/mol. The Morgan fingerprint density at radius 3 is 2.40 bits per heavy atom. The van der Waals surface area contributed by atoms with Crippen molar-refractivity contribution in [2.75, 3.05) is 6.54 Å². The predicted molar refractivity (Wildman–Crippen MR) is 75.5 cm³/mol. The first-order valence-corrected chi connectivity index (χ1v) is 7.69. The monoisotopic (exact) mass is 292 g/mol. The van der Waals surface area contributed by atoms with Gasteiger partial charge in [-0.05, 0) is 23.6 Å². The number of aliphatic hydroxyl groups excluding tert-OH is 1. The van der Waals surface area contributed by atoms with Crippen molar-refractivity contribution in [3.05, 3.63) is 59.8 Å². The molecule has 0 amide bonds. The van der Waals surface area contributed by atoms with Gasteiger partial charge in [-0.25, -0.2) is 18.1 Å². The minimum Gasteiger partial charge on any atom is -0.392 e. The zero-order valence-electron chi connectivity index (χ0n) is 10.9. The highest BCUT2D eigenvalue weighted by molar-refractivity contribution is 7.89. The van der Waals surface area contributed by atoms with E-state index in [0.29, 0.717) is 18.5 Å². The van der Waals surface area contributed by atoms with E-state index >= 15 is 0 Å². The van der Waals surface area contributed by atoms with Gasteiger partial charge in [0.05, 0.1) is 6.61 Å². The summed E-state index contributed by atoms with van der Waals surface area (Å²) in [6, 6.07) is 12.6. The molecule has 0 aliphatic rings. The van der Waals surface area contributed by atoms with Crippen LogP contribution in [-0.4, -0.2) is 25.1 Å². The number of rotatable bonds is 6. The van der Waals surface area contributed by atoms with Crippen molar-refractivity contribution >= 4 is 10.0 Å². The smallest absolute Gasteiger partial charge is 0.258 e. The van der Waals surface area contributed by atoms with Crippen LogP contribution in [0.4, 0.5) is 0 Å². The SMILES string of the molecule is O=S(=O)(NCCc1ccccc1)c1ccc(CO)cn1. The molecule has 0 aliphatic heterocycles. The highest BCUT2D eigenvalue weighted by Gasteiger charge is 2.14. The molecule has 1 heterocycles. The van der Waals surface area contributed by atoms with E-state index in [1.807, 2.05) is 30.3 Å². The number of pyridine rings is 1. The Labute approximate surface area is 118 Å². The van der Waals surface area contributed by atoms with Crippen molar-refractivity contribution < 1.29 is 13.5 Å². The Morgan fingerprint density at radius 1 is 1.05 bits per heavy atom. The molecule has 0 radical (unpaired) electrons. The number of benzene rings is 1. The Bertz CT molecular complexity index is 640. The van der Waals surface area contributed by atoms with E-state index in [9.17, 15) is 8.42 Å². The van der Waals surface area contributed by atoms with E-state index in [-0.39, 0.29) is 11.6 Å². The Kier molecular flexibility index (Phi) is 4.84. The Balaban J connectivity index is 1.96. The zero-order chi connectivity index (χ0) is 14.4. The lowest BCUT2D eigenvalue weighted by molar-refractivity contribution is 0.281. The molecule has 2 aromatic rings. The maximum Gasteiger partial charge on any atom is 0.258 e. The van der Waals surface area contributed by atoms with Gasteiger partial charge in [-0.1, -0.05) is 36.4 Å². The van der Waals surface area contributed by atoms with Crippen molar-refractivity contribution in [3.8, 4) is 0 Å². The molecule has 0 aliphatic carbocycles. The molecule has 0 spiro atoms. The highest BCUT2D eigenvalue weighted by atomic mass is 32.2. The fraction of sp³-hybridized carbons (Fsp3) is 0.214. The lowest BCUT2D eigenvalue weighted by Crippen LogP contribution is -2.26. The third-order valence-electron chi connectivity index (χ3n) is 2.80. The molecule has 6 heteroatoms. The van der Waals surface area contributed by atoms with Crippen LogP contribution in [0.5, 0.6) is 0 Å². The standard InChI is InChI=1S/C14H16N2O3S/c17-11-13-6-7-14(15-10-13)20(18,19)16-9-8-12-4-2-1-3-5-12/h1-7,10,16-17H,8-9,11H2. The first kappa shape index (κ1) is 14.6. The van der Waals surface area contributed by atoms with Crippen molar-refractivity contribution in [3.63, 3.8) is 0 Å². The van der Waals surface area contributed by atoms with Crippen molar-refractivity contribution in [1.82, 2.24) is 9.71 Å². The molecule has 106 valence electrons. The molecule has 1 aromatic heterocycles. The van der Waals surface area contributed by atoms with Crippen LogP contribution in [0.1, 0.15) is 11.1 Å². The first-order chi connectivity index (χ1) is 9.62. The zero-order valence-corrected chi connectivity index (χ0v) is 11.7. The number of nitrogens with zero attached hydrogens (tertiary/aromatic N) is 1. The van der Waals surface area contributed by atoms with E-state index < -0.39 is 10.0 Å². The van der Waals surface area contributed by atoms with Crippen LogP contribution in [-0.2, 0) is 23.1 Å². The molecule has 2 N–H and O–H groups in total. The summed E-state index contributed by atoms with van der Waals surface area (Å²) in [5, 5.41) is 8.85. The van der Waals surface area contributed by atoms with Crippen LogP contribution >= 0.6 is 0 Å². The topological polar surface area (TPSA) is 79.3 Å². The van der Waals surface area contributed by atoms with Crippen LogP contribution in [0, 0.1) is 0 Å². The normalized spacial score (nSPS) is 11.4. The minimum atomic E-state index is -3.60. The third-order valence-corrected chi connectivity index (χ3v) is 4.18. The van der Waals surface area contributed by atoms with E-state index in [0.717, 1.165) is 5.56 Å². The van der Waals surface area contributed by atoms with Gasteiger partial charge >= 0.3 is 0 Å². The van der Waals surface area contributed by atoms with E-state index in [1.165, 1.54) is 12.3 Å². The molecule has 5 nitrogen and oxygen atoms in total. The van der Waals surface area contributed by atoms with Crippen molar-refractivity contribution in [2.45, 2.75) is 18.1 Å². The molecule has 0 unspecified atom stereocenters. The number of hydrogen-bond donors (Lipinski definition) is 2. The summed E-state index contributed by atoms with van der Waals surface area (Å²) in [6.45, 7) is 0.157. The number of aliphatic hydroxyl groups is 1. The molecule has 0 bridgehead atoms. The van der Waals surface area contributed by atoms with Gasteiger partial charge in [-0.3, -0.25) is 0 Å². The average Bonchev–Trinajstić information content (AvgIpc) is 2.48. The van der Waals surface area contributed by atoms with Crippen LogP contribution in [0.3, 0.4) is 0 Å². The van der Waals surface area contributed by atoms with Crippen LogP contribution in [0.25, 0.3) is 0 Å². The van der Waals surface area contributed by atoms with E-state index in [4.69, 9.17) is 5.11 Å². The van der Waals surface area contributed by atoms with Gasteiger partial charge in [0.25, 0.3) is 10.0 Å². The van der Waals surface area contributed by atoms with Gasteiger partial charge in [0.15, 0.2) is 5.03 Å². The summed E-state index contributed by atoms with van der Waals surface area (Å²) in [6.07, 6.45) is 1.97. The maximum atomic E-state index is 12.0. The Morgan fingerprint density at radius 2 is 1.80 bits per heavy atom. The summed E-state index contributed by atoms with van der Waals surface area (Å²) in [5.41, 5.74) is 1.65. The summed E-state index contributed by atoms with van der Waals surface area (Å²) in [4.78, 5) is 3.84. The lowest BCUT2D eigenvalue weighted by atomic mass is 10.2. The molecular formula is C14H16N2O3S. The largest absolute Gasteiger partial charge is 0.392 e. The number of hydrogen-bond acceptors (Lipinski definition) is 4. The van der Waals surface area contributed by atoms with Gasteiger partial charge in [0.2, 0.25) is 0 Å². The van der Waals surface area contributed by atoms with Crippen molar-refractivity contribution in [2.24, 2.45) is 0 Å². The summed E-state index contributed by atoms with van der Waals surface area (Å²) in [5.74, 6) is 0. The fourth-order valence-electron chi connectivity index (χ4n) is 1.71. The molecule has 0 atom stereocenters. The second kappa shape index (κ2) is 6.60. The fourth-order valence-corrected chi connectivity index (χ4v) is 2.67. The Hall–Kier alpha value is -1.76. The van der Waals surface area contributed by atoms with Crippen LogP contribution < -0.4 is 4.72 Å². The predicted octanol–water partition coefficient (Wildman–Crippen LogP) is 1.09. The van der Waals surface area contributed by atoms with Crippen LogP contribution in [0.15, 0.2) is 53.7 Å². The maximum absolute atomic E-state index is 12.0.